The molecule has 31 heavy (non-hydrogen) atoms. The van der Waals surface area contributed by atoms with Crippen molar-refractivity contribution in [3.05, 3.63) is 58.7 Å². The third-order valence-electron chi connectivity index (χ3n) is 5.23. The summed E-state index contributed by atoms with van der Waals surface area (Å²) in [6, 6.07) is 7.11. The summed E-state index contributed by atoms with van der Waals surface area (Å²) in [5, 5.41) is 23.6. The number of hydrogen-bond acceptors (Lipinski definition) is 7. The van der Waals surface area contributed by atoms with Gasteiger partial charge in [0.15, 0.2) is 11.5 Å². The number of phenolic OH excluding ortho intramolecular Hbond substituents is 2. The Labute approximate surface area is 175 Å². The summed E-state index contributed by atoms with van der Waals surface area (Å²) in [4.78, 5) is 62.6. The second kappa shape index (κ2) is 7.56. The lowest BCUT2D eigenvalue weighted by molar-refractivity contribution is -0.136. The second-order valence-corrected chi connectivity index (χ2v) is 7.17. The zero-order chi connectivity index (χ0) is 22.3. The number of aromatic hydroxyl groups is 2. The highest BCUT2D eigenvalue weighted by Crippen LogP contribution is 2.30. The number of phenols is 2. The molecule has 2 aromatic rings. The van der Waals surface area contributed by atoms with Crippen LogP contribution in [0.4, 0.5) is 0 Å². The average molecular weight is 423 g/mol. The number of rotatable bonds is 4. The number of fused-ring (bicyclic) bond motifs is 1. The molecule has 0 spiro atoms. The van der Waals surface area contributed by atoms with Crippen LogP contribution in [0.2, 0.25) is 0 Å². The van der Waals surface area contributed by atoms with E-state index in [0.29, 0.717) is 5.56 Å². The van der Waals surface area contributed by atoms with Crippen LogP contribution in [-0.4, -0.2) is 50.7 Å². The van der Waals surface area contributed by atoms with E-state index in [-0.39, 0.29) is 41.8 Å². The van der Waals surface area contributed by atoms with Gasteiger partial charge >= 0.3 is 0 Å². The molecule has 10 nitrogen and oxygen atoms in total. The quantitative estimate of drug-likeness (QED) is 0.411. The maximum atomic E-state index is 13.0. The highest BCUT2D eigenvalue weighted by Gasteiger charge is 2.45. The number of piperidine rings is 1. The fourth-order valence-corrected chi connectivity index (χ4v) is 3.67. The van der Waals surface area contributed by atoms with Crippen LogP contribution in [0.25, 0.3) is 0 Å². The van der Waals surface area contributed by atoms with E-state index in [9.17, 15) is 34.2 Å². The first-order valence-electron chi connectivity index (χ1n) is 9.41. The molecular formula is C21H17N3O7. The fourth-order valence-electron chi connectivity index (χ4n) is 3.67. The van der Waals surface area contributed by atoms with Crippen LogP contribution in [-0.2, 0) is 16.1 Å². The Kier molecular flexibility index (Phi) is 4.90. The first-order chi connectivity index (χ1) is 14.8. The minimum absolute atomic E-state index is 0.0200. The number of imide groups is 2. The Morgan fingerprint density at radius 1 is 1.06 bits per heavy atom. The van der Waals surface area contributed by atoms with Gasteiger partial charge in [-0.15, -0.1) is 0 Å². The van der Waals surface area contributed by atoms with Crippen LogP contribution in [0.1, 0.15) is 49.5 Å². The van der Waals surface area contributed by atoms with Gasteiger partial charge in [-0.2, -0.15) is 0 Å². The first kappa shape index (κ1) is 20.1. The van der Waals surface area contributed by atoms with E-state index in [1.807, 2.05) is 0 Å². The van der Waals surface area contributed by atoms with Gasteiger partial charge < -0.3 is 15.5 Å². The molecule has 0 aromatic heterocycles. The third kappa shape index (κ3) is 3.48. The zero-order valence-electron chi connectivity index (χ0n) is 16.0. The predicted molar refractivity (Wildman–Crippen MR) is 104 cm³/mol. The smallest absolute Gasteiger partial charge is 0.262 e. The predicted octanol–water partition coefficient (Wildman–Crippen LogP) is 0.429. The van der Waals surface area contributed by atoms with Crippen molar-refractivity contribution < 1.29 is 34.2 Å². The van der Waals surface area contributed by atoms with Gasteiger partial charge in [0.25, 0.3) is 17.7 Å². The van der Waals surface area contributed by atoms with E-state index in [4.69, 9.17) is 0 Å². The van der Waals surface area contributed by atoms with Crippen molar-refractivity contribution in [1.29, 1.82) is 0 Å². The molecule has 4 N–H and O–H groups in total. The van der Waals surface area contributed by atoms with E-state index in [0.717, 1.165) is 11.0 Å². The van der Waals surface area contributed by atoms with E-state index in [1.165, 1.54) is 18.2 Å². The molecule has 158 valence electrons. The van der Waals surface area contributed by atoms with Crippen LogP contribution in [0.15, 0.2) is 36.4 Å². The van der Waals surface area contributed by atoms with Gasteiger partial charge in [0.05, 0.1) is 11.1 Å². The molecule has 0 aliphatic carbocycles. The molecule has 0 saturated carbocycles. The lowest BCUT2D eigenvalue weighted by atomic mass is 10.0. The minimum atomic E-state index is -1.08. The maximum Gasteiger partial charge on any atom is 0.262 e. The molecule has 1 atom stereocenters. The van der Waals surface area contributed by atoms with Gasteiger partial charge in [-0.1, -0.05) is 12.1 Å². The SMILES string of the molecule is O=C1CCC(N2C(=O)c3cccc(CNC(=O)c4ccc(O)c(O)c4)c3C2=O)C(=O)N1. The van der Waals surface area contributed by atoms with Crippen molar-refractivity contribution in [1.82, 2.24) is 15.5 Å². The highest BCUT2D eigenvalue weighted by molar-refractivity contribution is 6.24. The van der Waals surface area contributed by atoms with Crippen molar-refractivity contribution in [2.45, 2.75) is 25.4 Å². The van der Waals surface area contributed by atoms with Crippen molar-refractivity contribution in [3.8, 4) is 11.5 Å². The monoisotopic (exact) mass is 423 g/mol. The van der Waals surface area contributed by atoms with Crippen LogP contribution >= 0.6 is 0 Å². The largest absolute Gasteiger partial charge is 0.504 e. The Morgan fingerprint density at radius 2 is 1.84 bits per heavy atom. The van der Waals surface area contributed by atoms with Gasteiger partial charge in [-0.25, -0.2) is 0 Å². The maximum absolute atomic E-state index is 13.0. The molecule has 2 heterocycles. The number of amides is 5. The Morgan fingerprint density at radius 3 is 2.55 bits per heavy atom. The van der Waals surface area contributed by atoms with Crippen molar-refractivity contribution >= 4 is 29.5 Å². The summed E-state index contributed by atoms with van der Waals surface area (Å²) in [6.07, 6.45) is 0.0682. The number of carbonyl (C=O) groups excluding carboxylic acids is 5. The summed E-state index contributed by atoms with van der Waals surface area (Å²) >= 11 is 0. The first-order valence-corrected chi connectivity index (χ1v) is 9.41. The number of carbonyl (C=O) groups is 5. The standard InChI is InChI=1S/C21H17N3O7/c25-14-6-4-10(8-15(14)26)18(28)22-9-11-2-1-3-12-17(11)21(31)24(20(12)30)13-5-7-16(27)23-19(13)29/h1-4,6,8,13,25-26H,5,7,9H2,(H,22,28)(H,23,27,29). The molecule has 0 bridgehead atoms. The molecular weight excluding hydrogens is 406 g/mol. The third-order valence-corrected chi connectivity index (χ3v) is 5.23. The average Bonchev–Trinajstić information content (AvgIpc) is 2.99. The highest BCUT2D eigenvalue weighted by atomic mass is 16.3. The van der Waals surface area contributed by atoms with Crippen molar-refractivity contribution in [2.75, 3.05) is 0 Å². The van der Waals surface area contributed by atoms with E-state index >= 15 is 0 Å². The number of nitrogens with one attached hydrogen (secondary N) is 2. The van der Waals surface area contributed by atoms with Crippen LogP contribution < -0.4 is 10.6 Å². The number of hydrogen-bond donors (Lipinski definition) is 4. The molecule has 1 saturated heterocycles. The summed E-state index contributed by atoms with van der Waals surface area (Å²) in [5.41, 5.74) is 0.673. The lowest BCUT2D eigenvalue weighted by Crippen LogP contribution is -2.54. The van der Waals surface area contributed by atoms with E-state index in [1.54, 1.807) is 12.1 Å². The van der Waals surface area contributed by atoms with Crippen molar-refractivity contribution in [3.63, 3.8) is 0 Å². The molecule has 10 heteroatoms. The minimum Gasteiger partial charge on any atom is -0.504 e. The van der Waals surface area contributed by atoms with E-state index < -0.39 is 41.3 Å². The van der Waals surface area contributed by atoms with Gasteiger partial charge in [-0.3, -0.25) is 34.2 Å². The summed E-state index contributed by atoms with van der Waals surface area (Å²) in [7, 11) is 0. The normalized spacial score (nSPS) is 18.1. The molecule has 1 fully saturated rings. The molecule has 4 rings (SSSR count). The molecule has 2 aliphatic heterocycles. The van der Waals surface area contributed by atoms with Crippen LogP contribution in [0.3, 0.4) is 0 Å². The molecule has 2 aliphatic rings. The molecule has 1 unspecified atom stereocenters. The lowest BCUT2D eigenvalue weighted by Gasteiger charge is -2.27. The Bertz CT molecular complexity index is 1160. The number of benzene rings is 2. The van der Waals surface area contributed by atoms with Crippen LogP contribution in [0, 0.1) is 0 Å². The number of nitrogens with zero attached hydrogens (tertiary/aromatic N) is 1. The summed E-state index contributed by atoms with van der Waals surface area (Å²) in [5.74, 6) is -3.84. The van der Waals surface area contributed by atoms with Gasteiger partial charge in [0.2, 0.25) is 11.8 Å². The Hall–Kier alpha value is -4.21. The van der Waals surface area contributed by atoms with Gasteiger partial charge in [0, 0.05) is 18.5 Å². The van der Waals surface area contributed by atoms with Crippen molar-refractivity contribution in [2.24, 2.45) is 0 Å². The summed E-state index contributed by atoms with van der Waals surface area (Å²) < 4.78 is 0. The van der Waals surface area contributed by atoms with Gasteiger partial charge in [0.1, 0.15) is 6.04 Å². The second-order valence-electron chi connectivity index (χ2n) is 7.17. The topological polar surface area (TPSA) is 153 Å². The summed E-state index contributed by atoms with van der Waals surface area (Å²) in [6.45, 7) is -0.0914. The fraction of sp³-hybridized carbons (Fsp3) is 0.190. The molecule has 2 aromatic carbocycles. The van der Waals surface area contributed by atoms with E-state index in [2.05, 4.69) is 10.6 Å². The molecule has 0 radical (unpaired) electrons. The van der Waals surface area contributed by atoms with Gasteiger partial charge in [-0.05, 0) is 36.2 Å². The van der Waals surface area contributed by atoms with Crippen LogP contribution in [0.5, 0.6) is 11.5 Å². The zero-order valence-corrected chi connectivity index (χ0v) is 16.0. The Balaban J connectivity index is 1.56. The molecule has 5 amide bonds.